The first-order chi connectivity index (χ1) is 9.47. The van der Waals surface area contributed by atoms with Gasteiger partial charge < -0.3 is 10.0 Å². The lowest BCUT2D eigenvalue weighted by molar-refractivity contribution is -0.138. The maximum Gasteiger partial charge on any atom is 0.303 e. The van der Waals surface area contributed by atoms with E-state index in [2.05, 4.69) is 4.98 Å². The smallest absolute Gasteiger partial charge is 0.303 e. The maximum absolute atomic E-state index is 13.2. The van der Waals surface area contributed by atoms with Gasteiger partial charge in [-0.05, 0) is 24.8 Å². The Morgan fingerprint density at radius 2 is 2.30 bits per heavy atom. The van der Waals surface area contributed by atoms with Crippen molar-refractivity contribution in [3.63, 3.8) is 0 Å². The van der Waals surface area contributed by atoms with Gasteiger partial charge in [0.05, 0.1) is 11.8 Å². The Balaban J connectivity index is 2.12. The number of halogens is 2. The minimum absolute atomic E-state index is 0.0163. The molecular formula is C13H14ClFN2O3. The van der Waals surface area contributed by atoms with E-state index in [-0.39, 0.29) is 23.1 Å². The number of likely N-dealkylation sites (tertiary alicyclic amines) is 1. The van der Waals surface area contributed by atoms with Gasteiger partial charge in [0.1, 0.15) is 11.0 Å². The van der Waals surface area contributed by atoms with Gasteiger partial charge in [-0.1, -0.05) is 11.6 Å². The highest BCUT2D eigenvalue weighted by atomic mass is 35.5. The summed E-state index contributed by atoms with van der Waals surface area (Å²) in [5, 5.41) is 8.76. The number of pyridine rings is 1. The zero-order chi connectivity index (χ0) is 14.7. The van der Waals surface area contributed by atoms with E-state index in [1.54, 1.807) is 0 Å². The number of carbonyl (C=O) groups is 2. The molecule has 0 aromatic carbocycles. The lowest BCUT2D eigenvalue weighted by atomic mass is 9.94. The Kier molecular flexibility index (Phi) is 4.54. The predicted octanol–water partition coefficient (Wildman–Crippen LogP) is 2.20. The summed E-state index contributed by atoms with van der Waals surface area (Å²) in [6.07, 6.45) is 2.47. The topological polar surface area (TPSA) is 70.5 Å². The largest absolute Gasteiger partial charge is 0.481 e. The number of carboxylic acid groups (broad SMARTS) is 1. The van der Waals surface area contributed by atoms with Crippen LogP contribution in [0.25, 0.3) is 0 Å². The van der Waals surface area contributed by atoms with Crippen molar-refractivity contribution in [3.05, 3.63) is 28.8 Å². The molecule has 1 saturated heterocycles. The van der Waals surface area contributed by atoms with Gasteiger partial charge in [-0.3, -0.25) is 9.59 Å². The zero-order valence-corrected chi connectivity index (χ0v) is 11.4. The first kappa shape index (κ1) is 14.7. The Morgan fingerprint density at radius 1 is 1.55 bits per heavy atom. The van der Waals surface area contributed by atoms with E-state index < -0.39 is 17.7 Å². The molecule has 1 atom stereocenters. The Bertz CT molecular complexity index is 538. The second-order valence-electron chi connectivity index (χ2n) is 4.85. The fourth-order valence-electron chi connectivity index (χ4n) is 2.41. The first-order valence-corrected chi connectivity index (χ1v) is 6.67. The lowest BCUT2D eigenvalue weighted by Crippen LogP contribution is -2.40. The van der Waals surface area contributed by atoms with Gasteiger partial charge in [-0.25, -0.2) is 9.37 Å². The molecule has 7 heteroatoms. The minimum Gasteiger partial charge on any atom is -0.481 e. The summed E-state index contributed by atoms with van der Waals surface area (Å²) in [5.41, 5.74) is 0.0163. The minimum atomic E-state index is -0.880. The van der Waals surface area contributed by atoms with Crippen LogP contribution in [-0.2, 0) is 4.79 Å². The standard InChI is InChI=1S/C13H14ClFN2O3/c14-12-10(5-9(15)6-16-12)13(20)17-3-1-2-8(7-17)4-11(18)19/h5-6,8H,1-4,7H2,(H,18,19). The molecule has 20 heavy (non-hydrogen) atoms. The van der Waals surface area contributed by atoms with Crippen LogP contribution in [0, 0.1) is 11.7 Å². The van der Waals surface area contributed by atoms with Gasteiger partial charge in [0, 0.05) is 19.5 Å². The highest BCUT2D eigenvalue weighted by Gasteiger charge is 2.27. The van der Waals surface area contributed by atoms with Crippen molar-refractivity contribution in [2.24, 2.45) is 5.92 Å². The number of rotatable bonds is 3. The quantitative estimate of drug-likeness (QED) is 0.869. The molecule has 0 saturated carbocycles. The van der Waals surface area contributed by atoms with Gasteiger partial charge in [-0.2, -0.15) is 0 Å². The molecule has 0 radical (unpaired) electrons. The fourth-order valence-corrected chi connectivity index (χ4v) is 2.59. The van der Waals surface area contributed by atoms with Crippen LogP contribution in [0.5, 0.6) is 0 Å². The van der Waals surface area contributed by atoms with E-state index in [0.717, 1.165) is 25.1 Å². The van der Waals surface area contributed by atoms with Gasteiger partial charge >= 0.3 is 5.97 Å². The summed E-state index contributed by atoms with van der Waals surface area (Å²) in [5.74, 6) is -1.99. The molecule has 1 fully saturated rings. The second kappa shape index (κ2) is 6.17. The number of hydrogen-bond acceptors (Lipinski definition) is 3. The molecule has 1 amide bonds. The number of aromatic nitrogens is 1. The average molecular weight is 301 g/mol. The van der Waals surface area contributed by atoms with E-state index in [4.69, 9.17) is 16.7 Å². The van der Waals surface area contributed by atoms with E-state index in [9.17, 15) is 14.0 Å². The molecule has 2 heterocycles. The van der Waals surface area contributed by atoms with Crippen molar-refractivity contribution in [2.45, 2.75) is 19.3 Å². The highest BCUT2D eigenvalue weighted by Crippen LogP contribution is 2.23. The van der Waals surface area contributed by atoms with E-state index in [0.29, 0.717) is 13.1 Å². The second-order valence-corrected chi connectivity index (χ2v) is 5.21. The molecule has 0 spiro atoms. The summed E-state index contributed by atoms with van der Waals surface area (Å²) in [7, 11) is 0. The normalized spacial score (nSPS) is 18.9. The summed E-state index contributed by atoms with van der Waals surface area (Å²) >= 11 is 5.81. The highest BCUT2D eigenvalue weighted by molar-refractivity contribution is 6.32. The predicted molar refractivity (Wildman–Crippen MR) is 70.1 cm³/mol. The van der Waals surface area contributed by atoms with Gasteiger partial charge in [-0.15, -0.1) is 0 Å². The Morgan fingerprint density at radius 3 is 3.00 bits per heavy atom. The van der Waals surface area contributed by atoms with Crippen LogP contribution in [0.4, 0.5) is 4.39 Å². The van der Waals surface area contributed by atoms with Crippen molar-refractivity contribution in [2.75, 3.05) is 13.1 Å². The third kappa shape index (κ3) is 3.45. The summed E-state index contributed by atoms with van der Waals surface area (Å²) in [4.78, 5) is 28.1. The van der Waals surface area contributed by atoms with Gasteiger partial charge in [0.25, 0.3) is 5.91 Å². The summed E-state index contributed by atoms with van der Waals surface area (Å²) in [6.45, 7) is 0.861. The number of piperidine rings is 1. The van der Waals surface area contributed by atoms with Crippen LogP contribution in [-0.4, -0.2) is 40.0 Å². The Hall–Kier alpha value is -1.69. The van der Waals surface area contributed by atoms with Crippen LogP contribution >= 0.6 is 11.6 Å². The number of amides is 1. The van der Waals surface area contributed by atoms with E-state index >= 15 is 0 Å². The number of aliphatic carboxylic acids is 1. The number of carbonyl (C=O) groups excluding carboxylic acids is 1. The SMILES string of the molecule is O=C(O)CC1CCCN(C(=O)c2cc(F)cnc2Cl)C1. The molecule has 0 bridgehead atoms. The number of carboxylic acids is 1. The first-order valence-electron chi connectivity index (χ1n) is 6.29. The third-order valence-corrected chi connectivity index (χ3v) is 3.61. The molecule has 108 valence electrons. The van der Waals surface area contributed by atoms with Crippen LogP contribution < -0.4 is 0 Å². The molecule has 1 unspecified atom stereocenters. The molecule has 5 nitrogen and oxygen atoms in total. The molecule has 0 aliphatic carbocycles. The van der Waals surface area contributed by atoms with Crippen LogP contribution in [0.3, 0.4) is 0 Å². The zero-order valence-electron chi connectivity index (χ0n) is 10.7. The maximum atomic E-state index is 13.2. The number of hydrogen-bond donors (Lipinski definition) is 1. The third-order valence-electron chi connectivity index (χ3n) is 3.31. The van der Waals surface area contributed by atoms with Crippen molar-refractivity contribution in [1.29, 1.82) is 0 Å². The summed E-state index contributed by atoms with van der Waals surface area (Å²) < 4.78 is 13.2. The van der Waals surface area contributed by atoms with Crippen molar-refractivity contribution in [3.8, 4) is 0 Å². The van der Waals surface area contributed by atoms with Crippen molar-refractivity contribution < 1.29 is 19.1 Å². The van der Waals surface area contributed by atoms with Gasteiger partial charge in [0.2, 0.25) is 0 Å². The molecule has 1 N–H and O–H groups in total. The molecule has 1 aliphatic rings. The van der Waals surface area contributed by atoms with Crippen LogP contribution in [0.2, 0.25) is 5.15 Å². The summed E-state index contributed by atoms with van der Waals surface area (Å²) in [6, 6.07) is 1.05. The molecular weight excluding hydrogens is 287 g/mol. The van der Waals surface area contributed by atoms with Crippen LogP contribution in [0.15, 0.2) is 12.3 Å². The molecule has 2 rings (SSSR count). The Labute approximate surface area is 120 Å². The van der Waals surface area contributed by atoms with E-state index in [1.165, 1.54) is 4.90 Å². The average Bonchev–Trinajstić information content (AvgIpc) is 2.40. The number of nitrogens with zero attached hydrogens (tertiary/aromatic N) is 2. The molecule has 1 aromatic heterocycles. The lowest BCUT2D eigenvalue weighted by Gasteiger charge is -2.32. The van der Waals surface area contributed by atoms with Crippen LogP contribution in [0.1, 0.15) is 29.6 Å². The van der Waals surface area contributed by atoms with Gasteiger partial charge in [0.15, 0.2) is 0 Å². The van der Waals surface area contributed by atoms with Crippen molar-refractivity contribution in [1.82, 2.24) is 9.88 Å². The van der Waals surface area contributed by atoms with Crippen molar-refractivity contribution >= 4 is 23.5 Å². The molecule has 1 aliphatic heterocycles. The molecule has 1 aromatic rings. The fraction of sp³-hybridized carbons (Fsp3) is 0.462. The van der Waals surface area contributed by atoms with E-state index in [1.807, 2.05) is 0 Å². The monoisotopic (exact) mass is 300 g/mol.